The number of esters is 1. The third-order valence-corrected chi connectivity index (χ3v) is 4.95. The number of fused-ring (bicyclic) bond motifs is 1. The quantitative estimate of drug-likeness (QED) is 0.563. The predicted molar refractivity (Wildman–Crippen MR) is 113 cm³/mol. The topological polar surface area (TPSA) is 99.9 Å². The summed E-state index contributed by atoms with van der Waals surface area (Å²) in [5.74, 6) is -0.933. The summed E-state index contributed by atoms with van der Waals surface area (Å²) in [7, 11) is 0. The third kappa shape index (κ3) is 4.52. The first kappa shape index (κ1) is 21.6. The van der Waals surface area contributed by atoms with E-state index in [0.717, 1.165) is 6.42 Å². The molecular formula is C22H18ClFN2O6. The molecule has 1 aromatic heterocycles. The number of halogens is 2. The molecule has 0 unspecified atom stereocenters. The zero-order valence-electron chi connectivity index (χ0n) is 16.9. The number of rotatable bonds is 5. The number of amides is 1. The predicted octanol–water partition coefficient (Wildman–Crippen LogP) is 4.40. The number of hydrogen-bond donors (Lipinski definition) is 1. The number of ether oxygens (including phenoxy) is 3. The van der Waals surface area contributed by atoms with E-state index in [0.29, 0.717) is 30.4 Å². The van der Waals surface area contributed by atoms with E-state index < -0.39 is 24.3 Å². The van der Waals surface area contributed by atoms with Crippen molar-refractivity contribution in [3.8, 4) is 22.8 Å². The highest BCUT2D eigenvalue weighted by Gasteiger charge is 2.27. The summed E-state index contributed by atoms with van der Waals surface area (Å²) in [6.07, 6.45) is 0.759. The molecule has 32 heavy (non-hydrogen) atoms. The van der Waals surface area contributed by atoms with Crippen molar-refractivity contribution in [3.05, 3.63) is 58.6 Å². The lowest BCUT2D eigenvalue weighted by molar-refractivity contribution is -0.119. The molecule has 166 valence electrons. The average molecular weight is 461 g/mol. The van der Waals surface area contributed by atoms with Crippen molar-refractivity contribution in [2.24, 2.45) is 0 Å². The fourth-order valence-corrected chi connectivity index (χ4v) is 3.40. The van der Waals surface area contributed by atoms with E-state index in [1.807, 2.05) is 0 Å². The molecule has 3 aromatic rings. The molecular weight excluding hydrogens is 443 g/mol. The Balaban J connectivity index is 1.44. The van der Waals surface area contributed by atoms with Gasteiger partial charge in [0.2, 0.25) is 0 Å². The molecule has 0 saturated heterocycles. The summed E-state index contributed by atoms with van der Waals surface area (Å²) in [6.45, 7) is 1.95. The average Bonchev–Trinajstić information content (AvgIpc) is 2.98. The highest BCUT2D eigenvalue weighted by Crippen LogP contribution is 2.34. The molecule has 1 amide bonds. The molecule has 0 fully saturated rings. The molecule has 2 aromatic carbocycles. The molecule has 1 aliphatic rings. The van der Waals surface area contributed by atoms with Crippen molar-refractivity contribution < 1.29 is 32.7 Å². The Bertz CT molecular complexity index is 1160. The van der Waals surface area contributed by atoms with E-state index in [-0.39, 0.29) is 27.6 Å². The van der Waals surface area contributed by atoms with Gasteiger partial charge in [0.05, 0.1) is 23.8 Å². The van der Waals surface area contributed by atoms with Crippen molar-refractivity contribution in [1.29, 1.82) is 0 Å². The first-order valence-corrected chi connectivity index (χ1v) is 10.1. The van der Waals surface area contributed by atoms with Crippen LogP contribution in [0, 0.1) is 12.7 Å². The van der Waals surface area contributed by atoms with E-state index >= 15 is 0 Å². The molecule has 0 radical (unpaired) electrons. The van der Waals surface area contributed by atoms with Crippen LogP contribution in [0.1, 0.15) is 22.5 Å². The lowest BCUT2D eigenvalue weighted by atomic mass is 10.1. The number of benzene rings is 2. The number of anilines is 1. The standard InChI is InChI=1S/C22H18ClFN2O6/c1-12-19(21(26-32-12)20-14(23)4-2-5-15(20)24)22(28)31-11-18(27)25-13-6-7-16-17(10-13)30-9-3-8-29-16/h2,4-7,10H,3,8-9,11H2,1H3,(H,25,27). The number of nitrogens with one attached hydrogen (secondary N) is 1. The Hall–Kier alpha value is -3.59. The van der Waals surface area contributed by atoms with Crippen LogP contribution in [0.5, 0.6) is 11.5 Å². The molecule has 0 saturated carbocycles. The summed E-state index contributed by atoms with van der Waals surface area (Å²) in [5.41, 5.74) is 0.157. The Morgan fingerprint density at radius 3 is 2.75 bits per heavy atom. The minimum Gasteiger partial charge on any atom is -0.490 e. The van der Waals surface area contributed by atoms with Crippen LogP contribution in [0.15, 0.2) is 40.9 Å². The van der Waals surface area contributed by atoms with Crippen molar-refractivity contribution in [2.75, 3.05) is 25.1 Å². The van der Waals surface area contributed by atoms with Crippen LogP contribution >= 0.6 is 11.6 Å². The largest absolute Gasteiger partial charge is 0.490 e. The molecule has 4 rings (SSSR count). The van der Waals surface area contributed by atoms with Gasteiger partial charge < -0.3 is 24.1 Å². The maximum Gasteiger partial charge on any atom is 0.344 e. The van der Waals surface area contributed by atoms with Crippen LogP contribution in [0.25, 0.3) is 11.3 Å². The zero-order valence-corrected chi connectivity index (χ0v) is 17.7. The summed E-state index contributed by atoms with van der Waals surface area (Å²) in [6, 6.07) is 9.03. The van der Waals surface area contributed by atoms with Crippen LogP contribution in [0.3, 0.4) is 0 Å². The first-order valence-electron chi connectivity index (χ1n) is 9.71. The van der Waals surface area contributed by atoms with Crippen molar-refractivity contribution in [1.82, 2.24) is 5.16 Å². The fraction of sp³-hybridized carbons (Fsp3) is 0.227. The van der Waals surface area contributed by atoms with Crippen LogP contribution in [-0.4, -0.2) is 36.9 Å². The van der Waals surface area contributed by atoms with Gasteiger partial charge in [-0.1, -0.05) is 22.8 Å². The van der Waals surface area contributed by atoms with Crippen molar-refractivity contribution in [2.45, 2.75) is 13.3 Å². The summed E-state index contributed by atoms with van der Waals surface area (Å²) in [5, 5.41) is 6.42. The maximum atomic E-state index is 14.3. The van der Waals surface area contributed by atoms with Gasteiger partial charge in [0, 0.05) is 18.2 Å². The normalized spacial score (nSPS) is 12.7. The minimum atomic E-state index is -0.896. The summed E-state index contributed by atoms with van der Waals surface area (Å²) >= 11 is 6.07. The molecule has 0 spiro atoms. The number of aromatic nitrogens is 1. The smallest absolute Gasteiger partial charge is 0.344 e. The molecule has 0 atom stereocenters. The lowest BCUT2D eigenvalue weighted by Gasteiger charge is -2.11. The molecule has 1 aliphatic heterocycles. The Labute approximate surface area is 187 Å². The van der Waals surface area contributed by atoms with Gasteiger partial charge in [0.1, 0.15) is 22.8 Å². The van der Waals surface area contributed by atoms with Gasteiger partial charge >= 0.3 is 5.97 Å². The second-order valence-electron chi connectivity index (χ2n) is 6.90. The third-order valence-electron chi connectivity index (χ3n) is 4.63. The Morgan fingerprint density at radius 1 is 1.19 bits per heavy atom. The summed E-state index contributed by atoms with van der Waals surface area (Å²) in [4.78, 5) is 24.9. The van der Waals surface area contributed by atoms with E-state index in [4.69, 9.17) is 30.3 Å². The number of carbonyl (C=O) groups is 2. The van der Waals surface area contributed by atoms with Crippen LogP contribution in [0.4, 0.5) is 10.1 Å². The fourth-order valence-electron chi connectivity index (χ4n) is 3.15. The first-order chi connectivity index (χ1) is 15.4. The Kier molecular flexibility index (Phi) is 6.27. The van der Waals surface area contributed by atoms with E-state index in [1.165, 1.54) is 25.1 Å². The number of carbonyl (C=O) groups excluding carboxylic acids is 2. The number of hydrogen-bond acceptors (Lipinski definition) is 7. The Morgan fingerprint density at radius 2 is 1.97 bits per heavy atom. The van der Waals surface area contributed by atoms with Gasteiger partial charge in [-0.2, -0.15) is 0 Å². The van der Waals surface area contributed by atoms with E-state index in [1.54, 1.807) is 18.2 Å². The van der Waals surface area contributed by atoms with Crippen LogP contribution < -0.4 is 14.8 Å². The van der Waals surface area contributed by atoms with Crippen LogP contribution in [-0.2, 0) is 9.53 Å². The summed E-state index contributed by atoms with van der Waals surface area (Å²) < 4.78 is 35.6. The highest BCUT2D eigenvalue weighted by molar-refractivity contribution is 6.33. The number of aryl methyl sites for hydroxylation is 1. The molecule has 2 heterocycles. The van der Waals surface area contributed by atoms with Gasteiger partial charge in [-0.25, -0.2) is 9.18 Å². The number of nitrogens with zero attached hydrogens (tertiary/aromatic N) is 1. The molecule has 8 nitrogen and oxygen atoms in total. The lowest BCUT2D eigenvalue weighted by Crippen LogP contribution is -2.21. The SMILES string of the molecule is Cc1onc(-c2c(F)cccc2Cl)c1C(=O)OCC(=O)Nc1ccc2c(c1)OCCCO2. The van der Waals surface area contributed by atoms with Crippen LogP contribution in [0.2, 0.25) is 5.02 Å². The molecule has 0 bridgehead atoms. The van der Waals surface area contributed by atoms with E-state index in [2.05, 4.69) is 10.5 Å². The van der Waals surface area contributed by atoms with Gasteiger partial charge in [-0.3, -0.25) is 4.79 Å². The minimum absolute atomic E-state index is 0.0551. The van der Waals surface area contributed by atoms with Crippen molar-refractivity contribution in [3.63, 3.8) is 0 Å². The molecule has 1 N–H and O–H groups in total. The van der Waals surface area contributed by atoms with E-state index in [9.17, 15) is 14.0 Å². The second kappa shape index (κ2) is 9.27. The zero-order chi connectivity index (χ0) is 22.7. The highest BCUT2D eigenvalue weighted by atomic mass is 35.5. The second-order valence-corrected chi connectivity index (χ2v) is 7.30. The van der Waals surface area contributed by atoms with Crippen molar-refractivity contribution >= 4 is 29.2 Å². The van der Waals surface area contributed by atoms with Gasteiger partial charge in [-0.05, 0) is 31.2 Å². The molecule has 0 aliphatic carbocycles. The van der Waals surface area contributed by atoms with Gasteiger partial charge in [-0.15, -0.1) is 0 Å². The molecule has 10 heteroatoms. The van der Waals surface area contributed by atoms with Gasteiger partial charge in [0.15, 0.2) is 18.1 Å². The monoisotopic (exact) mass is 460 g/mol. The van der Waals surface area contributed by atoms with Gasteiger partial charge in [0.25, 0.3) is 5.91 Å². The maximum absolute atomic E-state index is 14.3.